The van der Waals surface area contributed by atoms with Crippen molar-refractivity contribution in [1.29, 1.82) is 0 Å². The molecule has 1 aliphatic carbocycles. The molecule has 1 amide bonds. The lowest BCUT2D eigenvalue weighted by Gasteiger charge is -2.41. The highest BCUT2D eigenvalue weighted by molar-refractivity contribution is 5.67. The van der Waals surface area contributed by atoms with Crippen molar-refractivity contribution < 1.29 is 9.53 Å². The summed E-state index contributed by atoms with van der Waals surface area (Å²) in [6.45, 7) is 6.09. The van der Waals surface area contributed by atoms with Crippen molar-refractivity contribution in [3.8, 4) is 0 Å². The summed E-state index contributed by atoms with van der Waals surface area (Å²) in [4.78, 5) is 14.3. The summed E-state index contributed by atoms with van der Waals surface area (Å²) in [5.41, 5.74) is 1.01. The number of piperidine rings is 1. The zero-order chi connectivity index (χ0) is 16.8. The molecule has 2 fully saturated rings. The van der Waals surface area contributed by atoms with Crippen LogP contribution in [0.1, 0.15) is 38.2 Å². The number of benzene rings is 1. The van der Waals surface area contributed by atoms with E-state index in [0.717, 1.165) is 31.5 Å². The van der Waals surface area contributed by atoms with Gasteiger partial charge in [-0.3, -0.25) is 0 Å². The van der Waals surface area contributed by atoms with Crippen molar-refractivity contribution in [1.82, 2.24) is 15.5 Å². The quantitative estimate of drug-likeness (QED) is 0.841. The summed E-state index contributed by atoms with van der Waals surface area (Å²) >= 11 is 0. The highest BCUT2D eigenvalue weighted by Crippen LogP contribution is 2.22. The number of carbonyl (C=O) groups is 1. The second-order valence-corrected chi connectivity index (χ2v) is 6.97. The molecule has 1 aromatic rings. The van der Waals surface area contributed by atoms with Crippen LogP contribution in [0.2, 0.25) is 0 Å². The monoisotopic (exact) mass is 331 g/mol. The van der Waals surface area contributed by atoms with E-state index in [-0.39, 0.29) is 12.1 Å². The molecule has 2 N–H and O–H groups in total. The van der Waals surface area contributed by atoms with Crippen LogP contribution in [0.25, 0.3) is 0 Å². The second kappa shape index (κ2) is 8.49. The van der Waals surface area contributed by atoms with Gasteiger partial charge < -0.3 is 20.3 Å². The molecule has 24 heavy (non-hydrogen) atoms. The summed E-state index contributed by atoms with van der Waals surface area (Å²) < 4.78 is 5.27. The number of rotatable bonds is 6. The third-order valence-corrected chi connectivity index (χ3v) is 5.10. The van der Waals surface area contributed by atoms with Gasteiger partial charge in [-0.1, -0.05) is 37.3 Å². The van der Waals surface area contributed by atoms with Crippen molar-refractivity contribution in [3.63, 3.8) is 0 Å². The summed E-state index contributed by atoms with van der Waals surface area (Å²) in [7, 11) is 0. The molecule has 0 bridgehead atoms. The normalized spacial score (nSPS) is 27.3. The van der Waals surface area contributed by atoms with E-state index in [1.165, 1.54) is 19.4 Å². The number of ether oxygens (including phenoxy) is 1. The zero-order valence-electron chi connectivity index (χ0n) is 14.5. The highest BCUT2D eigenvalue weighted by Gasteiger charge is 2.32. The van der Waals surface area contributed by atoms with Crippen LogP contribution >= 0.6 is 0 Å². The van der Waals surface area contributed by atoms with Gasteiger partial charge in [0.2, 0.25) is 0 Å². The minimum absolute atomic E-state index is 0.247. The van der Waals surface area contributed by atoms with Crippen LogP contribution in [-0.2, 0) is 11.3 Å². The number of nitrogens with one attached hydrogen (secondary N) is 2. The molecule has 1 saturated carbocycles. The van der Waals surface area contributed by atoms with Crippen molar-refractivity contribution >= 4 is 6.09 Å². The summed E-state index contributed by atoms with van der Waals surface area (Å²) in [6, 6.07) is 11.2. The Morgan fingerprint density at radius 3 is 2.75 bits per heavy atom. The Hall–Kier alpha value is -1.59. The third kappa shape index (κ3) is 4.95. The van der Waals surface area contributed by atoms with Crippen LogP contribution in [0.15, 0.2) is 30.3 Å². The lowest BCUT2D eigenvalue weighted by molar-refractivity contribution is 0.120. The number of carbonyl (C=O) groups excluding carboxylic acids is 1. The molecule has 1 unspecified atom stereocenters. The molecule has 1 aliphatic heterocycles. The fraction of sp³-hybridized carbons (Fsp3) is 0.632. The average molecular weight is 331 g/mol. The first-order valence-corrected chi connectivity index (χ1v) is 9.18. The Bertz CT molecular complexity index is 517. The SMILES string of the molecule is CCN1CCCC(NC2CC(NC(=O)OCc3ccccc3)C2)C1. The van der Waals surface area contributed by atoms with E-state index in [1.807, 2.05) is 30.3 Å². The maximum atomic E-state index is 11.8. The van der Waals surface area contributed by atoms with Gasteiger partial charge in [0.25, 0.3) is 0 Å². The lowest BCUT2D eigenvalue weighted by atomic mass is 9.85. The molecule has 1 saturated heterocycles. The van der Waals surface area contributed by atoms with Crippen molar-refractivity contribution in [2.45, 2.75) is 57.3 Å². The molecule has 0 radical (unpaired) electrons. The number of amides is 1. The first-order valence-electron chi connectivity index (χ1n) is 9.18. The van der Waals surface area contributed by atoms with Gasteiger partial charge in [0, 0.05) is 24.7 Å². The van der Waals surface area contributed by atoms with Gasteiger partial charge >= 0.3 is 6.09 Å². The molecule has 0 spiro atoms. The molecule has 1 aromatic carbocycles. The highest BCUT2D eigenvalue weighted by atomic mass is 16.5. The van der Waals surface area contributed by atoms with Gasteiger partial charge in [-0.05, 0) is 44.3 Å². The smallest absolute Gasteiger partial charge is 0.407 e. The fourth-order valence-electron chi connectivity index (χ4n) is 3.62. The van der Waals surface area contributed by atoms with Gasteiger partial charge in [0.05, 0.1) is 0 Å². The van der Waals surface area contributed by atoms with E-state index >= 15 is 0 Å². The summed E-state index contributed by atoms with van der Waals surface area (Å²) in [5, 5.41) is 6.71. The van der Waals surface area contributed by atoms with Crippen LogP contribution in [0.4, 0.5) is 4.79 Å². The first kappa shape index (κ1) is 17.2. The molecular weight excluding hydrogens is 302 g/mol. The number of nitrogens with zero attached hydrogens (tertiary/aromatic N) is 1. The Labute approximate surface area is 144 Å². The minimum atomic E-state index is -0.308. The van der Waals surface area contributed by atoms with E-state index in [4.69, 9.17) is 4.74 Å². The summed E-state index contributed by atoms with van der Waals surface area (Å²) in [6.07, 6.45) is 4.25. The molecule has 132 valence electrons. The number of likely N-dealkylation sites (tertiary alicyclic amines) is 1. The standard InChI is InChI=1S/C19H29N3O2/c1-2-22-10-6-9-16(13-22)20-17-11-18(12-17)21-19(23)24-14-15-7-4-3-5-8-15/h3-5,7-8,16-18,20H,2,6,9-14H2,1H3,(H,21,23). The molecule has 5 heteroatoms. The number of likely N-dealkylation sites (N-methyl/N-ethyl adjacent to an activating group) is 1. The fourth-order valence-corrected chi connectivity index (χ4v) is 3.62. The number of alkyl carbamates (subject to hydrolysis) is 1. The number of hydrogen-bond donors (Lipinski definition) is 2. The Balaban J connectivity index is 1.30. The maximum absolute atomic E-state index is 11.8. The largest absolute Gasteiger partial charge is 0.445 e. The van der Waals surface area contributed by atoms with E-state index in [1.54, 1.807) is 0 Å². The van der Waals surface area contributed by atoms with Crippen LogP contribution in [-0.4, -0.2) is 48.8 Å². The minimum Gasteiger partial charge on any atom is -0.445 e. The third-order valence-electron chi connectivity index (χ3n) is 5.10. The molecule has 5 nitrogen and oxygen atoms in total. The average Bonchev–Trinajstić information content (AvgIpc) is 2.59. The van der Waals surface area contributed by atoms with E-state index < -0.39 is 0 Å². The van der Waals surface area contributed by atoms with Gasteiger partial charge in [0.15, 0.2) is 0 Å². The maximum Gasteiger partial charge on any atom is 0.407 e. The second-order valence-electron chi connectivity index (χ2n) is 6.97. The van der Waals surface area contributed by atoms with E-state index in [9.17, 15) is 4.79 Å². The first-order chi connectivity index (χ1) is 11.7. The van der Waals surface area contributed by atoms with Crippen molar-refractivity contribution in [2.75, 3.05) is 19.6 Å². The van der Waals surface area contributed by atoms with Crippen LogP contribution in [0.5, 0.6) is 0 Å². The topological polar surface area (TPSA) is 53.6 Å². The predicted octanol–water partition coefficient (Wildman–Crippen LogP) is 2.52. The van der Waals surface area contributed by atoms with Crippen LogP contribution in [0, 0.1) is 0 Å². The molecule has 0 aromatic heterocycles. The zero-order valence-corrected chi connectivity index (χ0v) is 14.5. The number of hydrogen-bond acceptors (Lipinski definition) is 4. The molecular formula is C19H29N3O2. The predicted molar refractivity (Wildman–Crippen MR) is 94.8 cm³/mol. The molecule has 3 rings (SSSR count). The van der Waals surface area contributed by atoms with Crippen LogP contribution in [0.3, 0.4) is 0 Å². The van der Waals surface area contributed by atoms with Gasteiger partial charge in [-0.25, -0.2) is 4.79 Å². The van der Waals surface area contributed by atoms with E-state index in [2.05, 4.69) is 22.5 Å². The van der Waals surface area contributed by atoms with Gasteiger partial charge in [-0.15, -0.1) is 0 Å². The summed E-state index contributed by atoms with van der Waals surface area (Å²) in [5.74, 6) is 0. The molecule has 1 heterocycles. The Morgan fingerprint density at radius 2 is 2.00 bits per heavy atom. The lowest BCUT2D eigenvalue weighted by Crippen LogP contribution is -2.57. The van der Waals surface area contributed by atoms with Crippen molar-refractivity contribution in [3.05, 3.63) is 35.9 Å². The van der Waals surface area contributed by atoms with E-state index in [0.29, 0.717) is 18.7 Å². The molecule has 1 atom stereocenters. The Morgan fingerprint density at radius 1 is 1.21 bits per heavy atom. The van der Waals surface area contributed by atoms with Crippen molar-refractivity contribution in [2.24, 2.45) is 0 Å². The van der Waals surface area contributed by atoms with Crippen LogP contribution < -0.4 is 10.6 Å². The van der Waals surface area contributed by atoms with Gasteiger partial charge in [0.1, 0.15) is 6.61 Å². The van der Waals surface area contributed by atoms with Gasteiger partial charge in [-0.2, -0.15) is 0 Å². The Kier molecular flexibility index (Phi) is 6.10. The molecule has 2 aliphatic rings.